The Hall–Kier alpha value is -1.69. The molecular formula is C7H7ClN6. The first-order valence-corrected chi connectivity index (χ1v) is 4.29. The largest absolute Gasteiger partial charge is 0.378 e. The van der Waals surface area contributed by atoms with Crippen LogP contribution in [0.1, 0.15) is 0 Å². The molecule has 6 nitrogen and oxygen atoms in total. The van der Waals surface area contributed by atoms with Crippen LogP contribution < -0.4 is 5.32 Å². The van der Waals surface area contributed by atoms with Gasteiger partial charge in [-0.1, -0.05) is 17.7 Å². The summed E-state index contributed by atoms with van der Waals surface area (Å²) in [6.45, 7) is 4.21. The molecule has 0 atom stereocenters. The summed E-state index contributed by atoms with van der Waals surface area (Å²) in [6.07, 6.45) is 1.73. The first kappa shape index (κ1) is 8.89. The van der Waals surface area contributed by atoms with Crippen molar-refractivity contribution in [1.29, 1.82) is 0 Å². The standard InChI is InChI=1S/C7H7ClN6/c1-2-3-9-5-4-6(8)11-14-7(5)10-12-13-14/h2,4,9H,1,3H2. The maximum atomic E-state index is 5.77. The van der Waals surface area contributed by atoms with E-state index in [2.05, 4.69) is 32.5 Å². The number of nitrogens with one attached hydrogen (secondary N) is 1. The van der Waals surface area contributed by atoms with E-state index in [-0.39, 0.29) is 0 Å². The van der Waals surface area contributed by atoms with Crippen molar-refractivity contribution in [2.45, 2.75) is 0 Å². The molecule has 0 radical (unpaired) electrons. The lowest BCUT2D eigenvalue weighted by Crippen LogP contribution is -2.03. The Balaban J connectivity index is 2.49. The van der Waals surface area contributed by atoms with E-state index in [1.165, 1.54) is 4.63 Å². The van der Waals surface area contributed by atoms with Crippen LogP contribution in [0.15, 0.2) is 18.7 Å². The zero-order valence-electron chi connectivity index (χ0n) is 7.18. The fraction of sp³-hybridized carbons (Fsp3) is 0.143. The Bertz CT molecular complexity index is 464. The molecule has 0 saturated carbocycles. The zero-order valence-corrected chi connectivity index (χ0v) is 7.94. The zero-order chi connectivity index (χ0) is 9.97. The molecule has 0 aliphatic carbocycles. The van der Waals surface area contributed by atoms with Gasteiger partial charge >= 0.3 is 0 Å². The molecular weight excluding hydrogens is 204 g/mol. The van der Waals surface area contributed by atoms with Gasteiger partial charge < -0.3 is 5.32 Å². The van der Waals surface area contributed by atoms with E-state index in [4.69, 9.17) is 11.6 Å². The Morgan fingerprint density at radius 1 is 1.64 bits per heavy atom. The van der Waals surface area contributed by atoms with Crippen molar-refractivity contribution in [3.8, 4) is 0 Å². The topological polar surface area (TPSA) is 68.0 Å². The van der Waals surface area contributed by atoms with Gasteiger partial charge in [0, 0.05) is 12.6 Å². The van der Waals surface area contributed by atoms with Gasteiger partial charge in [0.05, 0.1) is 5.69 Å². The van der Waals surface area contributed by atoms with Gasteiger partial charge in [0.15, 0.2) is 5.15 Å². The summed E-state index contributed by atoms with van der Waals surface area (Å²) in [4.78, 5) is 0. The summed E-state index contributed by atoms with van der Waals surface area (Å²) in [5, 5.41) is 18.2. The van der Waals surface area contributed by atoms with Gasteiger partial charge in [-0.25, -0.2) is 0 Å². The third-order valence-electron chi connectivity index (χ3n) is 1.59. The van der Waals surface area contributed by atoms with Crippen LogP contribution in [0.25, 0.3) is 5.65 Å². The first-order chi connectivity index (χ1) is 6.81. The SMILES string of the molecule is C=CCNc1cc(Cl)nn2nnnc12. The van der Waals surface area contributed by atoms with Crippen LogP contribution in [0.5, 0.6) is 0 Å². The molecule has 0 unspecified atom stereocenters. The van der Waals surface area contributed by atoms with Crippen LogP contribution >= 0.6 is 11.6 Å². The Morgan fingerprint density at radius 2 is 2.50 bits per heavy atom. The third kappa shape index (κ3) is 1.51. The number of halogens is 1. The van der Waals surface area contributed by atoms with E-state index in [0.717, 1.165) is 5.69 Å². The lowest BCUT2D eigenvalue weighted by Gasteiger charge is -2.02. The van der Waals surface area contributed by atoms with Crippen molar-refractivity contribution >= 4 is 22.9 Å². The molecule has 0 saturated heterocycles. The van der Waals surface area contributed by atoms with E-state index in [1.54, 1.807) is 12.1 Å². The molecule has 7 heteroatoms. The summed E-state index contributed by atoms with van der Waals surface area (Å²) in [5.41, 5.74) is 1.27. The number of nitrogens with zero attached hydrogens (tertiary/aromatic N) is 5. The first-order valence-electron chi connectivity index (χ1n) is 3.91. The number of fused-ring (bicyclic) bond motifs is 1. The highest BCUT2D eigenvalue weighted by atomic mass is 35.5. The quantitative estimate of drug-likeness (QED) is 0.758. The fourth-order valence-corrected chi connectivity index (χ4v) is 1.21. The molecule has 2 aromatic heterocycles. The minimum atomic E-state index is 0.330. The molecule has 14 heavy (non-hydrogen) atoms. The number of rotatable bonds is 3. The van der Waals surface area contributed by atoms with E-state index in [0.29, 0.717) is 17.3 Å². The van der Waals surface area contributed by atoms with Crippen molar-refractivity contribution in [2.24, 2.45) is 0 Å². The van der Waals surface area contributed by atoms with Gasteiger partial charge in [-0.05, 0) is 10.4 Å². The van der Waals surface area contributed by atoms with Crippen molar-refractivity contribution in [3.63, 3.8) is 0 Å². The Labute approximate surface area is 84.6 Å². The highest BCUT2D eigenvalue weighted by Gasteiger charge is 2.06. The fourth-order valence-electron chi connectivity index (χ4n) is 1.03. The van der Waals surface area contributed by atoms with E-state index >= 15 is 0 Å². The maximum Gasteiger partial charge on any atom is 0.223 e. The normalized spacial score (nSPS) is 10.4. The van der Waals surface area contributed by atoms with Gasteiger partial charge in [-0.15, -0.1) is 21.4 Å². The summed E-state index contributed by atoms with van der Waals surface area (Å²) in [5.74, 6) is 0. The second-order valence-electron chi connectivity index (χ2n) is 2.54. The minimum absolute atomic E-state index is 0.330. The molecule has 2 heterocycles. The number of anilines is 1. The van der Waals surface area contributed by atoms with E-state index in [9.17, 15) is 0 Å². The van der Waals surface area contributed by atoms with Crippen molar-refractivity contribution in [2.75, 3.05) is 11.9 Å². The second-order valence-corrected chi connectivity index (χ2v) is 2.93. The third-order valence-corrected chi connectivity index (χ3v) is 1.77. The molecule has 0 aliphatic rings. The summed E-state index contributed by atoms with van der Waals surface area (Å²) in [6, 6.07) is 1.66. The molecule has 2 aromatic rings. The molecule has 0 spiro atoms. The lowest BCUT2D eigenvalue weighted by molar-refractivity contribution is 0.733. The van der Waals surface area contributed by atoms with Gasteiger partial charge in [0.1, 0.15) is 0 Å². The predicted molar refractivity (Wildman–Crippen MR) is 52.3 cm³/mol. The number of tetrazole rings is 1. The highest BCUT2D eigenvalue weighted by molar-refractivity contribution is 6.29. The van der Waals surface area contributed by atoms with Crippen molar-refractivity contribution < 1.29 is 0 Å². The molecule has 1 N–H and O–H groups in total. The highest BCUT2D eigenvalue weighted by Crippen LogP contribution is 2.16. The van der Waals surface area contributed by atoms with Gasteiger partial charge in [0.2, 0.25) is 5.65 Å². The molecule has 2 rings (SSSR count). The average Bonchev–Trinajstić information content (AvgIpc) is 2.61. The smallest absolute Gasteiger partial charge is 0.223 e. The predicted octanol–water partition coefficient (Wildman–Crippen LogP) is 0.771. The lowest BCUT2D eigenvalue weighted by atomic mass is 10.4. The summed E-state index contributed by atoms with van der Waals surface area (Å²) in [7, 11) is 0. The number of aromatic nitrogens is 5. The molecule has 0 amide bonds. The molecule has 0 fully saturated rings. The van der Waals surface area contributed by atoms with E-state index < -0.39 is 0 Å². The molecule has 0 aromatic carbocycles. The van der Waals surface area contributed by atoms with Crippen LogP contribution in [0.4, 0.5) is 5.69 Å². The van der Waals surface area contributed by atoms with Crippen LogP contribution in [0, 0.1) is 0 Å². The molecule has 72 valence electrons. The Kier molecular flexibility index (Phi) is 2.28. The van der Waals surface area contributed by atoms with Gasteiger partial charge in [-0.3, -0.25) is 0 Å². The van der Waals surface area contributed by atoms with Crippen molar-refractivity contribution in [1.82, 2.24) is 25.3 Å². The molecule has 0 bridgehead atoms. The van der Waals surface area contributed by atoms with Gasteiger partial charge in [-0.2, -0.15) is 0 Å². The second kappa shape index (κ2) is 3.59. The van der Waals surface area contributed by atoms with Crippen molar-refractivity contribution in [3.05, 3.63) is 23.9 Å². The number of hydrogen-bond acceptors (Lipinski definition) is 5. The van der Waals surface area contributed by atoms with Gasteiger partial charge in [0.25, 0.3) is 0 Å². The van der Waals surface area contributed by atoms with Crippen LogP contribution in [0.3, 0.4) is 0 Å². The average molecular weight is 211 g/mol. The summed E-state index contributed by atoms with van der Waals surface area (Å²) >= 11 is 5.77. The monoisotopic (exact) mass is 210 g/mol. The Morgan fingerprint density at radius 3 is 3.29 bits per heavy atom. The maximum absolute atomic E-state index is 5.77. The minimum Gasteiger partial charge on any atom is -0.378 e. The van der Waals surface area contributed by atoms with Crippen LogP contribution in [-0.4, -0.2) is 31.8 Å². The van der Waals surface area contributed by atoms with E-state index in [1.807, 2.05) is 0 Å². The summed E-state index contributed by atoms with van der Waals surface area (Å²) < 4.78 is 1.27. The molecule has 0 aliphatic heterocycles. The number of hydrogen-bond donors (Lipinski definition) is 1. The van der Waals surface area contributed by atoms with Crippen LogP contribution in [0.2, 0.25) is 5.15 Å². The van der Waals surface area contributed by atoms with Crippen LogP contribution in [-0.2, 0) is 0 Å².